The molecule has 0 fully saturated rings. The van der Waals surface area contributed by atoms with Gasteiger partial charge < -0.3 is 28.5 Å². The maximum absolute atomic E-state index is 13.0. The van der Waals surface area contributed by atoms with Crippen molar-refractivity contribution in [1.29, 1.82) is 0 Å². The van der Waals surface area contributed by atoms with Gasteiger partial charge in [-0.15, -0.1) is 0 Å². The number of hydrogen-bond acceptors (Lipinski definition) is 7. The fourth-order valence-electron chi connectivity index (χ4n) is 13.5. The van der Waals surface area contributed by atoms with Gasteiger partial charge in [0, 0.05) is 12.8 Å². The normalized spacial score (nSPS) is 12.8. The first-order valence-electron chi connectivity index (χ1n) is 44.5. The van der Waals surface area contributed by atoms with Crippen LogP contribution in [0.2, 0.25) is 0 Å². The zero-order valence-corrected chi connectivity index (χ0v) is 68.1. The first kappa shape index (κ1) is 98.0. The Morgan fingerprint density at radius 3 is 0.851 bits per heavy atom. The molecule has 2 atom stereocenters. The molecular formula is C92H172NO8+. The van der Waals surface area contributed by atoms with Crippen LogP contribution in [0.5, 0.6) is 0 Å². The first-order valence-corrected chi connectivity index (χ1v) is 44.5. The molecule has 0 radical (unpaired) electrons. The molecule has 0 aliphatic carbocycles. The minimum absolute atomic E-state index is 0.175. The van der Waals surface area contributed by atoms with Gasteiger partial charge in [-0.2, -0.15) is 0 Å². The second-order valence-corrected chi connectivity index (χ2v) is 31.5. The molecule has 9 heteroatoms. The van der Waals surface area contributed by atoms with E-state index in [-0.39, 0.29) is 38.2 Å². The average molecular weight is 1420 g/mol. The molecule has 0 rings (SSSR count). The quantitative estimate of drug-likeness (QED) is 0.0211. The highest BCUT2D eigenvalue weighted by atomic mass is 16.7. The molecule has 9 nitrogen and oxygen atoms in total. The lowest BCUT2D eigenvalue weighted by Crippen LogP contribution is -2.40. The third-order valence-electron chi connectivity index (χ3n) is 20.3. The number of likely N-dealkylation sites (N-methyl/N-ethyl adjacent to an activating group) is 1. The Kier molecular flexibility index (Phi) is 80.2. The standard InChI is InChI=1S/C92H171NO8/c1-6-8-10-12-14-16-18-20-22-24-26-28-30-32-34-36-38-40-42-44-45-47-49-51-53-55-57-59-61-63-65-67-69-71-73-75-77-79-81-83-90(95)101-88(87-100-92(91(96)97)98-85-84-93(3,4)5)86-99-89(94)82-80-78-76-74-72-70-68-66-64-62-60-58-56-54-52-50-48-46-43-41-39-37-35-33-31-29-27-25-23-21-19-17-15-13-11-9-7-2/h8,10,14,16,20,22,25-28,88,92H,6-7,9,11-13,15,17-19,21,23-24,29-87H2,1-5H3/p+1/b10-8-,16-14-,22-20-,27-25-,28-26-. The topological polar surface area (TPSA) is 108 Å². The van der Waals surface area contributed by atoms with Gasteiger partial charge in [0.05, 0.1) is 34.4 Å². The van der Waals surface area contributed by atoms with Crippen molar-refractivity contribution in [2.24, 2.45) is 0 Å². The zero-order chi connectivity index (χ0) is 73.2. The van der Waals surface area contributed by atoms with Crippen LogP contribution in [0.15, 0.2) is 60.8 Å². The van der Waals surface area contributed by atoms with Gasteiger partial charge in [0.25, 0.3) is 6.29 Å². The van der Waals surface area contributed by atoms with Crippen molar-refractivity contribution in [1.82, 2.24) is 0 Å². The number of unbranched alkanes of at least 4 members (excludes halogenated alkanes) is 59. The van der Waals surface area contributed by atoms with E-state index in [1.54, 1.807) is 0 Å². The Morgan fingerprint density at radius 2 is 0.564 bits per heavy atom. The number of rotatable bonds is 84. The van der Waals surface area contributed by atoms with Crippen LogP contribution in [-0.2, 0) is 33.3 Å². The predicted octanol–water partition coefficient (Wildman–Crippen LogP) is 28.9. The fraction of sp³-hybridized carbons (Fsp3) is 0.859. The first-order chi connectivity index (χ1) is 49.6. The van der Waals surface area contributed by atoms with E-state index in [1.165, 1.54) is 360 Å². The van der Waals surface area contributed by atoms with Gasteiger partial charge in [-0.05, 0) is 77.0 Å². The van der Waals surface area contributed by atoms with Crippen molar-refractivity contribution in [3.63, 3.8) is 0 Å². The van der Waals surface area contributed by atoms with E-state index in [4.69, 9.17) is 18.9 Å². The summed E-state index contributed by atoms with van der Waals surface area (Å²) in [6.07, 6.45) is 109. The molecular weight excluding hydrogens is 1250 g/mol. The number of esters is 2. The fourth-order valence-corrected chi connectivity index (χ4v) is 13.5. The number of carboxylic acids is 1. The maximum Gasteiger partial charge on any atom is 0.361 e. The van der Waals surface area contributed by atoms with Crippen LogP contribution in [0.25, 0.3) is 0 Å². The molecule has 2 unspecified atom stereocenters. The summed E-state index contributed by atoms with van der Waals surface area (Å²) < 4.78 is 23.1. The van der Waals surface area contributed by atoms with Gasteiger partial charge in [0.15, 0.2) is 6.10 Å². The third-order valence-corrected chi connectivity index (χ3v) is 20.3. The Hall–Kier alpha value is -3.01. The smallest absolute Gasteiger partial charge is 0.361 e. The highest BCUT2D eigenvalue weighted by molar-refractivity contribution is 5.71. The number of carboxylic acid groups (broad SMARTS) is 1. The van der Waals surface area contributed by atoms with Crippen molar-refractivity contribution in [3.05, 3.63) is 60.8 Å². The van der Waals surface area contributed by atoms with Crippen LogP contribution in [0.3, 0.4) is 0 Å². The Balaban J connectivity index is 3.90. The van der Waals surface area contributed by atoms with E-state index in [1.807, 2.05) is 21.1 Å². The highest BCUT2D eigenvalue weighted by Crippen LogP contribution is 2.21. The molecule has 0 bridgehead atoms. The molecule has 0 aromatic rings. The minimum atomic E-state index is -1.51. The summed E-state index contributed by atoms with van der Waals surface area (Å²) in [6, 6.07) is 0. The van der Waals surface area contributed by atoms with Crippen LogP contribution < -0.4 is 0 Å². The number of nitrogens with zero attached hydrogens (tertiary/aromatic N) is 1. The molecule has 0 aromatic carbocycles. The summed E-state index contributed by atoms with van der Waals surface area (Å²) >= 11 is 0. The maximum atomic E-state index is 13.0. The molecule has 0 aliphatic rings. The number of quaternary nitrogens is 1. The van der Waals surface area contributed by atoms with Gasteiger partial charge in [-0.1, -0.05) is 421 Å². The summed E-state index contributed by atoms with van der Waals surface area (Å²) in [5.74, 6) is -1.97. The molecule has 0 aromatic heterocycles. The van der Waals surface area contributed by atoms with Gasteiger partial charge in [-0.3, -0.25) is 9.59 Å². The highest BCUT2D eigenvalue weighted by Gasteiger charge is 2.25. The van der Waals surface area contributed by atoms with E-state index < -0.39 is 18.4 Å². The summed E-state index contributed by atoms with van der Waals surface area (Å²) in [7, 11) is 6.00. The van der Waals surface area contributed by atoms with E-state index >= 15 is 0 Å². The molecule has 0 spiro atoms. The van der Waals surface area contributed by atoms with E-state index in [9.17, 15) is 19.5 Å². The van der Waals surface area contributed by atoms with Crippen molar-refractivity contribution in [2.45, 2.75) is 463 Å². The van der Waals surface area contributed by atoms with Crippen LogP contribution >= 0.6 is 0 Å². The van der Waals surface area contributed by atoms with E-state index in [0.29, 0.717) is 17.4 Å². The SMILES string of the molecule is CC/C=C\C/C=C\C/C=C\C/C=C\CCCCCCCCCCCCCCCCCCCCCCCCCCCCC(=O)OC(COC(=O)CCCCCCCCCCCCCCCCCCCCCCCCCCC/C=C\CCCCCCCCCC)COC(OCC[N+](C)(C)C)C(=O)O. The molecule has 592 valence electrons. The van der Waals surface area contributed by atoms with E-state index in [0.717, 1.165) is 64.2 Å². The Labute approximate surface area is 628 Å². The van der Waals surface area contributed by atoms with Crippen LogP contribution in [0.1, 0.15) is 450 Å². The molecule has 0 saturated heterocycles. The number of carbonyl (C=O) groups is 3. The lowest BCUT2D eigenvalue weighted by molar-refractivity contribution is -0.870. The van der Waals surface area contributed by atoms with Gasteiger partial charge >= 0.3 is 17.9 Å². The second kappa shape index (κ2) is 82.6. The van der Waals surface area contributed by atoms with Crippen LogP contribution in [-0.4, -0.2) is 87.4 Å². The lowest BCUT2D eigenvalue weighted by Gasteiger charge is -2.25. The van der Waals surface area contributed by atoms with Crippen molar-refractivity contribution in [2.75, 3.05) is 47.5 Å². The number of carbonyl (C=O) groups excluding carboxylic acids is 2. The molecule has 0 saturated carbocycles. The van der Waals surface area contributed by atoms with Crippen molar-refractivity contribution in [3.8, 4) is 0 Å². The predicted molar refractivity (Wildman–Crippen MR) is 438 cm³/mol. The summed E-state index contributed by atoms with van der Waals surface area (Å²) in [5.41, 5.74) is 0. The summed E-state index contributed by atoms with van der Waals surface area (Å²) in [6.45, 7) is 4.85. The number of hydrogen-bond donors (Lipinski definition) is 1. The lowest BCUT2D eigenvalue weighted by atomic mass is 10.0. The summed E-state index contributed by atoms with van der Waals surface area (Å²) in [5, 5.41) is 9.79. The van der Waals surface area contributed by atoms with Crippen molar-refractivity contribution >= 4 is 17.9 Å². The number of aliphatic carboxylic acids is 1. The monoisotopic (exact) mass is 1420 g/mol. The van der Waals surface area contributed by atoms with Gasteiger partial charge in [0.2, 0.25) is 0 Å². The minimum Gasteiger partial charge on any atom is -0.477 e. The molecule has 0 heterocycles. The van der Waals surface area contributed by atoms with Crippen LogP contribution in [0, 0.1) is 0 Å². The number of allylic oxidation sites excluding steroid dienone is 10. The molecule has 101 heavy (non-hydrogen) atoms. The molecule has 0 aliphatic heterocycles. The molecule has 0 amide bonds. The largest absolute Gasteiger partial charge is 0.477 e. The van der Waals surface area contributed by atoms with Gasteiger partial charge in [-0.25, -0.2) is 4.79 Å². The Bertz CT molecular complexity index is 1850. The summed E-state index contributed by atoms with van der Waals surface area (Å²) in [4.78, 5) is 37.8. The van der Waals surface area contributed by atoms with Gasteiger partial charge in [0.1, 0.15) is 13.2 Å². The van der Waals surface area contributed by atoms with Crippen LogP contribution in [0.4, 0.5) is 0 Å². The van der Waals surface area contributed by atoms with E-state index in [2.05, 4.69) is 74.6 Å². The van der Waals surface area contributed by atoms with Crippen molar-refractivity contribution < 1.29 is 42.9 Å². The Morgan fingerprint density at radius 1 is 0.307 bits per heavy atom. The third kappa shape index (κ3) is 84.1. The number of ether oxygens (including phenoxy) is 4. The average Bonchev–Trinajstić information content (AvgIpc) is 1.21. The zero-order valence-electron chi connectivity index (χ0n) is 68.1. The second-order valence-electron chi connectivity index (χ2n) is 31.5. The molecule has 1 N–H and O–H groups in total.